The SMILES string of the molecule is NC=Nc1ccc(-c2csc3ccc(-c4ccncc4)nc23)cn1. The number of thiophene rings is 1. The van der Waals surface area contributed by atoms with E-state index >= 15 is 0 Å². The van der Waals surface area contributed by atoms with Crippen molar-refractivity contribution in [2.75, 3.05) is 0 Å². The third kappa shape index (κ3) is 2.63. The maximum absolute atomic E-state index is 5.30. The monoisotopic (exact) mass is 331 g/mol. The molecule has 24 heavy (non-hydrogen) atoms. The summed E-state index contributed by atoms with van der Waals surface area (Å²) in [6.45, 7) is 0. The lowest BCUT2D eigenvalue weighted by molar-refractivity contribution is 1.28. The predicted octanol–water partition coefficient (Wildman–Crippen LogP) is 4.04. The van der Waals surface area contributed by atoms with Crippen molar-refractivity contribution in [1.29, 1.82) is 0 Å². The topological polar surface area (TPSA) is 77.0 Å². The first-order valence-electron chi connectivity index (χ1n) is 7.34. The minimum absolute atomic E-state index is 0.589. The Morgan fingerprint density at radius 3 is 2.62 bits per heavy atom. The van der Waals surface area contributed by atoms with E-state index in [1.54, 1.807) is 29.9 Å². The molecule has 0 saturated heterocycles. The van der Waals surface area contributed by atoms with E-state index in [2.05, 4.69) is 26.4 Å². The van der Waals surface area contributed by atoms with E-state index in [1.165, 1.54) is 6.34 Å². The van der Waals surface area contributed by atoms with Crippen LogP contribution in [-0.4, -0.2) is 21.3 Å². The van der Waals surface area contributed by atoms with Gasteiger partial charge in [-0.2, -0.15) is 0 Å². The molecule has 4 aromatic rings. The first kappa shape index (κ1) is 14.5. The van der Waals surface area contributed by atoms with Gasteiger partial charge in [0.05, 0.1) is 22.2 Å². The smallest absolute Gasteiger partial charge is 0.153 e. The van der Waals surface area contributed by atoms with E-state index in [4.69, 9.17) is 10.7 Å². The number of hydrogen-bond acceptors (Lipinski definition) is 5. The van der Waals surface area contributed by atoms with Crippen LogP contribution in [0.2, 0.25) is 0 Å². The summed E-state index contributed by atoms with van der Waals surface area (Å²) in [6.07, 6.45) is 6.59. The van der Waals surface area contributed by atoms with Crippen molar-refractivity contribution in [2.45, 2.75) is 0 Å². The molecule has 0 radical (unpaired) electrons. The highest BCUT2D eigenvalue weighted by Gasteiger charge is 2.10. The zero-order valence-electron chi connectivity index (χ0n) is 12.6. The van der Waals surface area contributed by atoms with Gasteiger partial charge in [-0.05, 0) is 36.4 Å². The molecule has 6 heteroatoms. The van der Waals surface area contributed by atoms with Gasteiger partial charge in [0.15, 0.2) is 5.82 Å². The van der Waals surface area contributed by atoms with Crippen molar-refractivity contribution in [1.82, 2.24) is 15.0 Å². The molecule has 5 nitrogen and oxygen atoms in total. The van der Waals surface area contributed by atoms with E-state index in [-0.39, 0.29) is 0 Å². The molecule has 0 saturated carbocycles. The number of nitrogens with zero attached hydrogens (tertiary/aromatic N) is 4. The fraction of sp³-hybridized carbons (Fsp3) is 0. The summed E-state index contributed by atoms with van der Waals surface area (Å²) < 4.78 is 1.15. The Hall–Kier alpha value is -3.12. The van der Waals surface area contributed by atoms with Crippen molar-refractivity contribution < 1.29 is 0 Å². The van der Waals surface area contributed by atoms with Crippen molar-refractivity contribution in [2.24, 2.45) is 10.7 Å². The molecule has 0 aliphatic carbocycles. The number of fused-ring (bicyclic) bond motifs is 1. The van der Waals surface area contributed by atoms with E-state index in [1.807, 2.05) is 30.3 Å². The van der Waals surface area contributed by atoms with Crippen LogP contribution in [0.1, 0.15) is 0 Å². The number of nitrogens with two attached hydrogens (primary N) is 1. The third-order valence-electron chi connectivity index (χ3n) is 3.66. The third-order valence-corrected chi connectivity index (χ3v) is 4.60. The van der Waals surface area contributed by atoms with Gasteiger partial charge >= 0.3 is 0 Å². The summed E-state index contributed by atoms with van der Waals surface area (Å²) in [5.74, 6) is 0.589. The lowest BCUT2D eigenvalue weighted by Crippen LogP contribution is -1.88. The standard InChI is InChI=1S/C18H13N5S/c19-11-22-17-4-1-13(9-21-17)14-10-24-16-3-2-15(23-18(14)16)12-5-7-20-8-6-12/h1-11H,(H2,19,21,22). The van der Waals surface area contributed by atoms with Crippen LogP contribution in [0.5, 0.6) is 0 Å². The van der Waals surface area contributed by atoms with Crippen LogP contribution in [0.3, 0.4) is 0 Å². The van der Waals surface area contributed by atoms with Gasteiger partial charge in [-0.1, -0.05) is 0 Å². The summed E-state index contributed by atoms with van der Waals surface area (Å²) >= 11 is 1.67. The Labute approximate surface area is 142 Å². The van der Waals surface area contributed by atoms with E-state index < -0.39 is 0 Å². The largest absolute Gasteiger partial charge is 0.390 e. The van der Waals surface area contributed by atoms with Gasteiger partial charge in [-0.25, -0.2) is 15.0 Å². The van der Waals surface area contributed by atoms with Crippen LogP contribution in [0.4, 0.5) is 5.82 Å². The quantitative estimate of drug-likeness (QED) is 0.454. The first-order valence-corrected chi connectivity index (χ1v) is 8.22. The maximum Gasteiger partial charge on any atom is 0.153 e. The van der Waals surface area contributed by atoms with Crippen molar-refractivity contribution >= 4 is 33.7 Å². The molecule has 0 amide bonds. The number of rotatable bonds is 3. The minimum Gasteiger partial charge on any atom is -0.390 e. The van der Waals surface area contributed by atoms with Gasteiger partial charge in [-0.3, -0.25) is 4.98 Å². The Kier molecular flexibility index (Phi) is 3.72. The minimum atomic E-state index is 0.589. The predicted molar refractivity (Wildman–Crippen MR) is 98.4 cm³/mol. The lowest BCUT2D eigenvalue weighted by atomic mass is 10.1. The molecule has 0 aromatic carbocycles. The summed E-state index contributed by atoms with van der Waals surface area (Å²) in [4.78, 5) is 17.2. The molecule has 0 unspecified atom stereocenters. The van der Waals surface area contributed by atoms with Gasteiger partial charge in [-0.15, -0.1) is 11.3 Å². The van der Waals surface area contributed by atoms with Gasteiger partial charge in [0, 0.05) is 40.7 Å². The summed E-state index contributed by atoms with van der Waals surface area (Å²) in [6, 6.07) is 11.9. The van der Waals surface area contributed by atoms with E-state index in [9.17, 15) is 0 Å². The van der Waals surface area contributed by atoms with Crippen molar-refractivity contribution in [3.05, 3.63) is 60.4 Å². The van der Waals surface area contributed by atoms with Gasteiger partial charge in [0.1, 0.15) is 0 Å². The van der Waals surface area contributed by atoms with Gasteiger partial charge in [0.25, 0.3) is 0 Å². The Morgan fingerprint density at radius 1 is 1.00 bits per heavy atom. The van der Waals surface area contributed by atoms with Crippen molar-refractivity contribution in [3.8, 4) is 22.4 Å². The zero-order chi connectivity index (χ0) is 16.4. The Bertz CT molecular complexity index is 1010. The number of hydrogen-bond donors (Lipinski definition) is 1. The molecule has 0 aliphatic rings. The van der Waals surface area contributed by atoms with Crippen LogP contribution < -0.4 is 5.73 Å². The summed E-state index contributed by atoms with van der Waals surface area (Å²) in [7, 11) is 0. The second kappa shape index (κ2) is 6.17. The second-order valence-electron chi connectivity index (χ2n) is 5.11. The Balaban J connectivity index is 1.81. The van der Waals surface area contributed by atoms with Gasteiger partial charge in [0.2, 0.25) is 0 Å². The molecule has 4 aromatic heterocycles. The molecule has 0 bridgehead atoms. The van der Waals surface area contributed by atoms with Crippen LogP contribution in [0.15, 0.2) is 65.4 Å². The molecule has 0 atom stereocenters. The molecule has 0 spiro atoms. The normalized spacial score (nSPS) is 11.3. The highest BCUT2D eigenvalue weighted by molar-refractivity contribution is 7.17. The van der Waals surface area contributed by atoms with Crippen LogP contribution >= 0.6 is 11.3 Å². The fourth-order valence-electron chi connectivity index (χ4n) is 2.50. The van der Waals surface area contributed by atoms with Crippen LogP contribution in [-0.2, 0) is 0 Å². The molecule has 4 heterocycles. The van der Waals surface area contributed by atoms with Crippen molar-refractivity contribution in [3.63, 3.8) is 0 Å². The maximum atomic E-state index is 5.30. The molecular formula is C18H13N5S. The fourth-order valence-corrected chi connectivity index (χ4v) is 3.41. The number of aliphatic imine (C=N–C) groups is 1. The molecular weight excluding hydrogens is 318 g/mol. The first-order chi connectivity index (χ1) is 11.8. The summed E-state index contributed by atoms with van der Waals surface area (Å²) in [5, 5.41) is 2.11. The number of pyridine rings is 3. The van der Waals surface area contributed by atoms with E-state index in [0.29, 0.717) is 5.82 Å². The highest BCUT2D eigenvalue weighted by atomic mass is 32.1. The molecule has 2 N–H and O–H groups in total. The molecule has 0 fully saturated rings. The van der Waals surface area contributed by atoms with E-state index in [0.717, 1.165) is 32.6 Å². The molecule has 0 aliphatic heterocycles. The molecule has 116 valence electrons. The second-order valence-corrected chi connectivity index (χ2v) is 6.02. The number of aromatic nitrogens is 3. The lowest BCUT2D eigenvalue weighted by Gasteiger charge is -2.03. The average Bonchev–Trinajstić information content (AvgIpc) is 3.06. The molecule has 4 rings (SSSR count). The average molecular weight is 331 g/mol. The Morgan fingerprint density at radius 2 is 1.88 bits per heavy atom. The zero-order valence-corrected chi connectivity index (χ0v) is 13.4. The highest BCUT2D eigenvalue weighted by Crippen LogP contribution is 2.34. The van der Waals surface area contributed by atoms with Crippen LogP contribution in [0.25, 0.3) is 32.6 Å². The van der Waals surface area contributed by atoms with Gasteiger partial charge < -0.3 is 5.73 Å². The summed E-state index contributed by atoms with van der Waals surface area (Å²) in [5.41, 5.74) is 10.3. The van der Waals surface area contributed by atoms with Crippen LogP contribution in [0, 0.1) is 0 Å².